The molecule has 0 unspecified atom stereocenters. The van der Waals surface area contributed by atoms with E-state index in [1.54, 1.807) is 4.57 Å². The summed E-state index contributed by atoms with van der Waals surface area (Å²) in [6.45, 7) is 0. The van der Waals surface area contributed by atoms with E-state index in [4.69, 9.17) is 19.1 Å². The highest BCUT2D eigenvalue weighted by atomic mass is 15.2. The number of para-hydroxylation sites is 2. The van der Waals surface area contributed by atoms with Gasteiger partial charge in [-0.05, 0) is 39.9 Å². The predicted octanol–water partition coefficient (Wildman–Crippen LogP) is 11.3. The smallest absolute Gasteiger partial charge is 0.238 e. The van der Waals surface area contributed by atoms with Gasteiger partial charge in [-0.15, -0.1) is 0 Å². The van der Waals surface area contributed by atoms with E-state index in [0.717, 1.165) is 44.5 Å². The number of hydrogen-bond donors (Lipinski definition) is 0. The second-order valence-corrected chi connectivity index (χ2v) is 11.8. The fourth-order valence-corrected chi connectivity index (χ4v) is 6.45. The second-order valence-electron chi connectivity index (χ2n) is 11.8. The molecule has 0 atom stereocenters. The van der Waals surface area contributed by atoms with E-state index in [1.807, 2.05) is 121 Å². The van der Waals surface area contributed by atoms with Gasteiger partial charge in [0.15, 0.2) is 11.6 Å². The fraction of sp³-hybridized carbons (Fsp3) is 0. The van der Waals surface area contributed by atoms with Crippen molar-refractivity contribution >= 4 is 21.8 Å². The minimum atomic E-state index is -0.326. The van der Waals surface area contributed by atoms with Gasteiger partial charge in [0.05, 0.1) is 16.5 Å². The summed E-state index contributed by atoms with van der Waals surface area (Å²) in [6, 6.07) is 51.3. The highest BCUT2D eigenvalue weighted by Gasteiger charge is 2.20. The molecule has 0 fully saturated rings. The van der Waals surface area contributed by atoms with Gasteiger partial charge in [0.1, 0.15) is 0 Å². The first-order chi connectivity index (χ1) is 26.0. The molecule has 0 amide bonds. The molecule has 4 heteroatoms. The van der Waals surface area contributed by atoms with Crippen LogP contribution in [0.2, 0.25) is 0 Å². The molecule has 2 heterocycles. The third-order valence-corrected chi connectivity index (χ3v) is 8.81. The van der Waals surface area contributed by atoms with Crippen molar-refractivity contribution in [3.63, 3.8) is 0 Å². The Kier molecular flexibility index (Phi) is 6.09. The molecule has 9 rings (SSSR count). The van der Waals surface area contributed by atoms with Gasteiger partial charge in [-0.25, -0.2) is 4.98 Å². The molecular weight excluding hydrogens is 597 g/mol. The number of hydrogen-bond acceptors (Lipinski definition) is 3. The lowest BCUT2D eigenvalue weighted by Gasteiger charge is -2.13. The van der Waals surface area contributed by atoms with E-state index < -0.39 is 0 Å². The average molecular weight is 631 g/mol. The minimum Gasteiger partial charge on any atom is -0.277 e. The molecule has 49 heavy (non-hydrogen) atoms. The Morgan fingerprint density at radius 2 is 0.918 bits per heavy atom. The quantitative estimate of drug-likeness (QED) is 0.184. The first kappa shape index (κ1) is 24.5. The van der Waals surface area contributed by atoms with Crippen molar-refractivity contribution in [2.75, 3.05) is 0 Å². The standard InChI is InChI=1S/C45H30N4/c1-4-14-31(15-5-1)33-26-28-35(29-27-33)44-46-43(34-18-8-3-9-19-34)47-45(48-44)49-41-25-11-10-22-39(41)40-24-13-23-38(42(40)49)37-21-12-20-36(30-37)32-16-6-2-7-17-32/h1-30H/i10D,11D,22D,25D. The topological polar surface area (TPSA) is 43.6 Å². The second kappa shape index (κ2) is 12.2. The Hall–Kier alpha value is -6.65. The van der Waals surface area contributed by atoms with E-state index in [2.05, 4.69) is 36.4 Å². The van der Waals surface area contributed by atoms with Crippen molar-refractivity contribution in [2.45, 2.75) is 0 Å². The van der Waals surface area contributed by atoms with Crippen LogP contribution in [0.5, 0.6) is 0 Å². The molecule has 4 nitrogen and oxygen atoms in total. The van der Waals surface area contributed by atoms with Crippen LogP contribution in [0.3, 0.4) is 0 Å². The molecular formula is C45H30N4. The fourth-order valence-electron chi connectivity index (χ4n) is 6.45. The van der Waals surface area contributed by atoms with Gasteiger partial charge in [-0.2, -0.15) is 9.97 Å². The maximum Gasteiger partial charge on any atom is 0.238 e. The minimum absolute atomic E-state index is 0.117. The Morgan fingerprint density at radius 1 is 0.408 bits per heavy atom. The Morgan fingerprint density at radius 3 is 1.61 bits per heavy atom. The Balaban J connectivity index is 1.35. The summed E-state index contributed by atoms with van der Waals surface area (Å²) in [5.74, 6) is 1.13. The van der Waals surface area contributed by atoms with Gasteiger partial charge in [0.2, 0.25) is 5.95 Å². The molecule has 0 bridgehead atoms. The monoisotopic (exact) mass is 630 g/mol. The third-order valence-electron chi connectivity index (χ3n) is 8.81. The first-order valence-electron chi connectivity index (χ1n) is 18.1. The number of aromatic nitrogens is 4. The van der Waals surface area contributed by atoms with E-state index in [-0.39, 0.29) is 30.1 Å². The summed E-state index contributed by atoms with van der Waals surface area (Å²) in [7, 11) is 0. The molecule has 0 radical (unpaired) electrons. The van der Waals surface area contributed by atoms with E-state index in [9.17, 15) is 1.37 Å². The van der Waals surface area contributed by atoms with Crippen LogP contribution in [-0.2, 0) is 0 Å². The largest absolute Gasteiger partial charge is 0.277 e. The first-order valence-corrected chi connectivity index (χ1v) is 16.1. The van der Waals surface area contributed by atoms with Gasteiger partial charge in [0.25, 0.3) is 0 Å². The molecule has 0 saturated heterocycles. The van der Waals surface area contributed by atoms with Gasteiger partial charge in [-0.3, -0.25) is 4.57 Å². The molecule has 9 aromatic rings. The van der Waals surface area contributed by atoms with E-state index in [0.29, 0.717) is 33.5 Å². The molecule has 0 saturated carbocycles. The molecule has 0 spiro atoms. The molecule has 230 valence electrons. The van der Waals surface area contributed by atoms with Gasteiger partial charge in [-0.1, -0.05) is 170 Å². The number of rotatable bonds is 6. The molecule has 0 aliphatic rings. The number of benzene rings is 7. The average Bonchev–Trinajstić information content (AvgIpc) is 3.59. The van der Waals surface area contributed by atoms with Crippen molar-refractivity contribution in [1.82, 2.24) is 19.5 Å². The normalized spacial score (nSPS) is 12.4. The lowest BCUT2D eigenvalue weighted by molar-refractivity contribution is 0.954. The summed E-state index contributed by atoms with van der Waals surface area (Å²) in [4.78, 5) is 15.1. The highest BCUT2D eigenvalue weighted by Crippen LogP contribution is 2.39. The molecule has 7 aromatic carbocycles. The summed E-state index contributed by atoms with van der Waals surface area (Å²) in [6.07, 6.45) is 0. The van der Waals surface area contributed by atoms with Gasteiger partial charge < -0.3 is 0 Å². The SMILES string of the molecule is [2H]c1c([2H])c([2H])c2c(c1[2H])c1cccc(-c3cccc(-c4ccccc4)c3)c1n2-c1nc(-c2ccccc2)nc(-c2ccc(-c3ccccc3)cc2)n1. The van der Waals surface area contributed by atoms with Crippen LogP contribution in [0.15, 0.2) is 182 Å². The zero-order valence-corrected chi connectivity index (χ0v) is 26.3. The van der Waals surface area contributed by atoms with Gasteiger partial charge in [0, 0.05) is 27.5 Å². The van der Waals surface area contributed by atoms with Crippen molar-refractivity contribution in [3.05, 3.63) is 182 Å². The maximum absolute atomic E-state index is 9.23. The summed E-state index contributed by atoms with van der Waals surface area (Å²) in [5, 5.41) is 1.08. The van der Waals surface area contributed by atoms with Crippen LogP contribution >= 0.6 is 0 Å². The predicted molar refractivity (Wildman–Crippen MR) is 201 cm³/mol. The summed E-state index contributed by atoms with van der Waals surface area (Å²) >= 11 is 0. The van der Waals surface area contributed by atoms with Crippen LogP contribution < -0.4 is 0 Å². The van der Waals surface area contributed by atoms with Crippen molar-refractivity contribution in [1.29, 1.82) is 0 Å². The van der Waals surface area contributed by atoms with Crippen LogP contribution in [0, 0.1) is 0 Å². The van der Waals surface area contributed by atoms with Crippen molar-refractivity contribution in [2.24, 2.45) is 0 Å². The van der Waals surface area contributed by atoms with Crippen molar-refractivity contribution in [3.8, 4) is 62.1 Å². The highest BCUT2D eigenvalue weighted by molar-refractivity contribution is 6.13. The maximum atomic E-state index is 9.23. The van der Waals surface area contributed by atoms with Crippen LogP contribution in [0.25, 0.3) is 83.9 Å². The van der Waals surface area contributed by atoms with Crippen molar-refractivity contribution < 1.29 is 5.48 Å². The van der Waals surface area contributed by atoms with Crippen LogP contribution in [0.4, 0.5) is 0 Å². The summed E-state index contributed by atoms with van der Waals surface area (Å²) < 4.78 is 37.5. The third kappa shape index (κ3) is 5.26. The van der Waals surface area contributed by atoms with E-state index >= 15 is 0 Å². The molecule has 0 aliphatic heterocycles. The zero-order chi connectivity index (χ0) is 36.1. The summed E-state index contributed by atoms with van der Waals surface area (Å²) in [5.41, 5.74) is 8.59. The zero-order valence-electron chi connectivity index (χ0n) is 30.3. The van der Waals surface area contributed by atoms with Gasteiger partial charge >= 0.3 is 0 Å². The van der Waals surface area contributed by atoms with E-state index in [1.165, 1.54) is 0 Å². The Labute approximate surface area is 290 Å². The molecule has 0 N–H and O–H groups in total. The Bertz CT molecular complexity index is 2800. The van der Waals surface area contributed by atoms with Crippen LogP contribution in [-0.4, -0.2) is 19.5 Å². The number of nitrogens with zero attached hydrogens (tertiary/aromatic N) is 4. The molecule has 0 aliphatic carbocycles. The molecule has 2 aromatic heterocycles. The number of fused-ring (bicyclic) bond motifs is 3. The lowest BCUT2D eigenvalue weighted by atomic mass is 9.97. The lowest BCUT2D eigenvalue weighted by Crippen LogP contribution is -2.07. The van der Waals surface area contributed by atoms with Crippen LogP contribution in [0.1, 0.15) is 5.48 Å².